The highest BCUT2D eigenvalue weighted by Crippen LogP contribution is 1.96. The summed E-state index contributed by atoms with van der Waals surface area (Å²) in [7, 11) is 1.95. The van der Waals surface area contributed by atoms with E-state index in [2.05, 4.69) is 11.2 Å². The minimum absolute atomic E-state index is 1.09. The molecule has 0 aliphatic carbocycles. The predicted octanol–water partition coefficient (Wildman–Crippen LogP) is -0.104. The zero-order valence-corrected chi connectivity index (χ0v) is 5.47. The smallest absolute Gasteiger partial charge is 0.249 e. The van der Waals surface area contributed by atoms with Crippen molar-refractivity contribution in [2.24, 2.45) is 0 Å². The van der Waals surface area contributed by atoms with E-state index in [1.165, 1.54) is 5.69 Å². The van der Waals surface area contributed by atoms with Crippen molar-refractivity contribution >= 4 is 7.98 Å². The Balaban J connectivity index is 3.14. The van der Waals surface area contributed by atoms with E-state index in [9.17, 15) is 0 Å². The molecule has 2 nitrogen and oxygen atoms in total. The second-order valence-corrected chi connectivity index (χ2v) is 2.05. The Morgan fingerprint density at radius 1 is 1.62 bits per heavy atom. The molecule has 42 valence electrons. The highest BCUT2D eigenvalue weighted by atomic mass is 15.2. The summed E-state index contributed by atoms with van der Waals surface area (Å²) in [6.07, 6.45) is 0. The maximum Gasteiger partial charge on any atom is 0.249 e. The minimum atomic E-state index is 1.09. The third-order valence-corrected chi connectivity index (χ3v) is 1.24. The predicted molar refractivity (Wildman–Crippen MR) is 35.6 cm³/mol. The maximum absolute atomic E-state index is 4.13. The van der Waals surface area contributed by atoms with E-state index in [0.29, 0.717) is 0 Å². The van der Waals surface area contributed by atoms with E-state index in [1.54, 1.807) is 0 Å². The third kappa shape index (κ3) is 0.758. The number of hydrogen-bond acceptors (Lipinski definition) is 1. The first-order valence-electron chi connectivity index (χ1n) is 2.67. The van der Waals surface area contributed by atoms with E-state index >= 15 is 0 Å². The molecule has 1 aromatic rings. The van der Waals surface area contributed by atoms with Gasteiger partial charge >= 0.3 is 0 Å². The molecule has 0 amide bonds. The Kier molecular flexibility index (Phi) is 1.12. The average molecular weight is 108 g/mol. The van der Waals surface area contributed by atoms with Crippen LogP contribution in [0.25, 0.3) is 0 Å². The van der Waals surface area contributed by atoms with E-state index in [-0.39, 0.29) is 0 Å². The number of hydrogen-bond donors (Lipinski definition) is 0. The molecule has 0 aliphatic rings. The molecule has 0 atom stereocenters. The van der Waals surface area contributed by atoms with Crippen LogP contribution in [0, 0.1) is 13.8 Å². The van der Waals surface area contributed by atoms with E-state index < -0.39 is 0 Å². The normalized spacial score (nSPS) is 9.75. The van der Waals surface area contributed by atoms with Gasteiger partial charge < -0.3 is 4.59 Å². The molecule has 0 spiro atoms. The van der Waals surface area contributed by atoms with Crippen molar-refractivity contribution in [2.45, 2.75) is 13.8 Å². The summed E-state index contributed by atoms with van der Waals surface area (Å²) in [6.45, 7) is 4.03. The van der Waals surface area contributed by atoms with Crippen molar-refractivity contribution in [1.29, 1.82) is 0 Å². The van der Waals surface area contributed by atoms with E-state index in [4.69, 9.17) is 0 Å². The zero-order valence-electron chi connectivity index (χ0n) is 5.47. The summed E-state index contributed by atoms with van der Waals surface area (Å²) in [5, 5.41) is 4.13. The van der Waals surface area contributed by atoms with E-state index in [0.717, 1.165) is 5.69 Å². The van der Waals surface area contributed by atoms with Crippen LogP contribution >= 0.6 is 0 Å². The largest absolute Gasteiger partial charge is 0.324 e. The van der Waals surface area contributed by atoms with Crippen molar-refractivity contribution in [3.8, 4) is 0 Å². The van der Waals surface area contributed by atoms with Crippen molar-refractivity contribution in [3.63, 3.8) is 0 Å². The highest BCUT2D eigenvalue weighted by Gasteiger charge is 1.91. The number of aryl methyl sites for hydroxylation is 2. The SMILES string of the molecule is Bn1nc(C)cc1C. The van der Waals surface area contributed by atoms with Crippen LogP contribution in [0.15, 0.2) is 6.07 Å². The van der Waals surface area contributed by atoms with Gasteiger partial charge in [-0.25, -0.2) is 0 Å². The summed E-state index contributed by atoms with van der Waals surface area (Å²) in [4.78, 5) is 0. The van der Waals surface area contributed by atoms with Gasteiger partial charge in [0, 0.05) is 5.69 Å². The van der Waals surface area contributed by atoms with Gasteiger partial charge in [0.2, 0.25) is 7.98 Å². The molecule has 0 aliphatic heterocycles. The standard InChI is InChI=1S/C5H9BN2/c1-4-3-5(2)8(6)7-4/h3H,6H2,1-2H3. The molecule has 8 heavy (non-hydrogen) atoms. The van der Waals surface area contributed by atoms with Crippen LogP contribution in [-0.2, 0) is 0 Å². The van der Waals surface area contributed by atoms with Crippen molar-refractivity contribution in [1.82, 2.24) is 9.69 Å². The van der Waals surface area contributed by atoms with Gasteiger partial charge in [-0.15, -0.1) is 0 Å². The van der Waals surface area contributed by atoms with Gasteiger partial charge in [0.1, 0.15) is 0 Å². The fourth-order valence-corrected chi connectivity index (χ4v) is 0.740. The van der Waals surface area contributed by atoms with Gasteiger partial charge in [-0.2, -0.15) is 5.10 Å². The van der Waals surface area contributed by atoms with Crippen LogP contribution in [-0.4, -0.2) is 17.7 Å². The van der Waals surface area contributed by atoms with Gasteiger partial charge in [-0.1, -0.05) is 0 Å². The molecule has 1 heterocycles. The molecule has 0 aromatic carbocycles. The Morgan fingerprint density at radius 2 is 2.25 bits per heavy atom. The summed E-state index contributed by atoms with van der Waals surface area (Å²) in [5.41, 5.74) is 2.30. The molecule has 0 N–H and O–H groups in total. The van der Waals surface area contributed by atoms with Crippen LogP contribution in [0.4, 0.5) is 0 Å². The lowest BCUT2D eigenvalue weighted by Gasteiger charge is -1.88. The first-order chi connectivity index (χ1) is 3.70. The van der Waals surface area contributed by atoms with Crippen LogP contribution in [0.5, 0.6) is 0 Å². The Labute approximate surface area is 49.9 Å². The van der Waals surface area contributed by atoms with Gasteiger partial charge in [0.25, 0.3) is 0 Å². The van der Waals surface area contributed by atoms with Crippen molar-refractivity contribution < 1.29 is 0 Å². The Bertz CT molecular complexity index is 173. The number of rotatable bonds is 0. The second-order valence-electron chi connectivity index (χ2n) is 2.05. The molecule has 0 unspecified atom stereocenters. The summed E-state index contributed by atoms with van der Waals surface area (Å²) in [6, 6.07) is 2.06. The highest BCUT2D eigenvalue weighted by molar-refractivity contribution is 6.06. The van der Waals surface area contributed by atoms with E-state index in [1.807, 2.05) is 26.4 Å². The molecule has 1 rings (SSSR count). The first kappa shape index (κ1) is 5.41. The summed E-state index contributed by atoms with van der Waals surface area (Å²) in [5.74, 6) is 0. The summed E-state index contributed by atoms with van der Waals surface area (Å²) >= 11 is 0. The summed E-state index contributed by atoms with van der Waals surface area (Å²) < 4.78 is 1.87. The van der Waals surface area contributed by atoms with Gasteiger partial charge in [-0.3, -0.25) is 0 Å². The molecular weight excluding hydrogens is 98.9 g/mol. The lowest BCUT2D eigenvalue weighted by atomic mass is 10.3. The molecular formula is C5H9BN2. The minimum Gasteiger partial charge on any atom is -0.324 e. The van der Waals surface area contributed by atoms with Crippen LogP contribution in [0.3, 0.4) is 0 Å². The third-order valence-electron chi connectivity index (χ3n) is 1.24. The molecule has 0 radical (unpaired) electrons. The molecule has 0 fully saturated rings. The van der Waals surface area contributed by atoms with Gasteiger partial charge in [0.05, 0.1) is 5.69 Å². The monoisotopic (exact) mass is 108 g/mol. The van der Waals surface area contributed by atoms with Gasteiger partial charge in [0.15, 0.2) is 0 Å². The molecule has 0 saturated heterocycles. The molecule has 1 aromatic heterocycles. The lowest BCUT2D eigenvalue weighted by molar-refractivity contribution is 0.930. The molecule has 0 saturated carbocycles. The molecule has 0 bridgehead atoms. The quantitative estimate of drug-likeness (QED) is 0.424. The fourth-order valence-electron chi connectivity index (χ4n) is 0.740. The van der Waals surface area contributed by atoms with Gasteiger partial charge in [-0.05, 0) is 19.9 Å². The van der Waals surface area contributed by atoms with Crippen molar-refractivity contribution in [2.75, 3.05) is 0 Å². The maximum atomic E-state index is 4.13. The number of nitrogens with zero attached hydrogens (tertiary/aromatic N) is 2. The molecule has 3 heteroatoms. The Hall–Kier alpha value is -0.725. The second kappa shape index (κ2) is 1.65. The first-order valence-corrected chi connectivity index (χ1v) is 2.67. The van der Waals surface area contributed by atoms with Crippen molar-refractivity contribution in [3.05, 3.63) is 17.5 Å². The van der Waals surface area contributed by atoms with Crippen LogP contribution in [0.2, 0.25) is 0 Å². The lowest BCUT2D eigenvalue weighted by Crippen LogP contribution is -1.95. The average Bonchev–Trinajstić information content (AvgIpc) is 1.85. The van der Waals surface area contributed by atoms with Crippen LogP contribution < -0.4 is 0 Å². The zero-order chi connectivity index (χ0) is 6.15. The Morgan fingerprint density at radius 3 is 2.38 bits per heavy atom. The van der Waals surface area contributed by atoms with Crippen LogP contribution in [0.1, 0.15) is 11.4 Å². The topological polar surface area (TPSA) is 17.8 Å². The number of aromatic nitrogens is 2. The fraction of sp³-hybridized carbons (Fsp3) is 0.400.